The largest absolute Gasteiger partial charge is 0.416 e. The van der Waals surface area contributed by atoms with Crippen LogP contribution in [0.4, 0.5) is 13.2 Å². The van der Waals surface area contributed by atoms with Crippen LogP contribution in [-0.2, 0) is 22.3 Å². The van der Waals surface area contributed by atoms with E-state index in [9.17, 15) is 22.8 Å². The molecule has 10 heteroatoms. The number of carbonyl (C=O) groups is 2. The third-order valence-corrected chi connectivity index (χ3v) is 7.72. The zero-order valence-electron chi connectivity index (χ0n) is 23.4. The third-order valence-electron chi connectivity index (χ3n) is 7.72. The normalized spacial score (nSPS) is 20.4. The minimum atomic E-state index is -4.42. The monoisotopic (exact) mass is 575 g/mol. The molecule has 0 bridgehead atoms. The van der Waals surface area contributed by atoms with Crippen molar-refractivity contribution in [1.29, 1.82) is 0 Å². The quantitative estimate of drug-likeness (QED) is 0.450. The number of benzene rings is 2. The Morgan fingerprint density at radius 2 is 1.76 bits per heavy atom. The summed E-state index contributed by atoms with van der Waals surface area (Å²) in [5, 5.41) is 14.3. The van der Waals surface area contributed by atoms with Gasteiger partial charge in [0.1, 0.15) is 6.04 Å². The fourth-order valence-electron chi connectivity index (χ4n) is 5.27. The molecule has 0 saturated carbocycles. The van der Waals surface area contributed by atoms with Gasteiger partial charge >= 0.3 is 6.18 Å². The van der Waals surface area contributed by atoms with Crippen molar-refractivity contribution in [2.45, 2.75) is 57.3 Å². The Morgan fingerprint density at radius 3 is 2.43 bits per heavy atom. The Labute approximate surface area is 242 Å². The number of hydrogen-bond acceptors (Lipinski definition) is 5. The van der Waals surface area contributed by atoms with Crippen LogP contribution < -0.4 is 10.6 Å². The molecule has 218 valence electrons. The van der Waals surface area contributed by atoms with E-state index >= 15 is 0 Å². The predicted octanol–water partition coefficient (Wildman–Crippen LogP) is 5.61. The summed E-state index contributed by atoms with van der Waals surface area (Å²) in [6.07, 6.45) is 5.22. The standard InChI is InChI=1S/C32H32F3N5O2/c1-20-7-16-28(39-38-20)23-10-8-21(9-11-23)18-36-31(42)29-17-25(19-40(29)2)37-30(41)27-6-4-3-5-26(27)22-12-14-24(15-13-22)32(33,34)35/h3-4,6,8-15,19,26,29H,5,7,16-18H2,1-2H3,(H,36,42)(H,37,41). The van der Waals surface area contributed by atoms with E-state index in [2.05, 4.69) is 20.8 Å². The highest BCUT2D eigenvalue weighted by Crippen LogP contribution is 2.35. The number of carbonyl (C=O) groups excluding carboxylic acids is 2. The Balaban J connectivity index is 1.15. The summed E-state index contributed by atoms with van der Waals surface area (Å²) in [6.45, 7) is 2.33. The first-order valence-electron chi connectivity index (χ1n) is 13.8. The molecule has 2 aliphatic heterocycles. The van der Waals surface area contributed by atoms with Crippen molar-refractivity contribution in [2.24, 2.45) is 10.2 Å². The van der Waals surface area contributed by atoms with Crippen LogP contribution in [0.15, 0.2) is 94.4 Å². The van der Waals surface area contributed by atoms with E-state index in [1.54, 1.807) is 30.3 Å². The first-order chi connectivity index (χ1) is 20.1. The van der Waals surface area contributed by atoms with Gasteiger partial charge in [-0.3, -0.25) is 9.59 Å². The van der Waals surface area contributed by atoms with Gasteiger partial charge in [-0.15, -0.1) is 0 Å². The minimum Gasteiger partial charge on any atom is -0.367 e. The van der Waals surface area contributed by atoms with Crippen LogP contribution in [0, 0.1) is 0 Å². The predicted molar refractivity (Wildman–Crippen MR) is 156 cm³/mol. The van der Waals surface area contributed by atoms with Gasteiger partial charge in [-0.2, -0.15) is 23.4 Å². The molecule has 0 saturated heterocycles. The van der Waals surface area contributed by atoms with Crippen LogP contribution in [0.3, 0.4) is 0 Å². The van der Waals surface area contributed by atoms with Crippen molar-refractivity contribution in [1.82, 2.24) is 15.5 Å². The number of rotatable bonds is 7. The molecule has 0 radical (unpaired) electrons. The molecule has 2 heterocycles. The van der Waals surface area contributed by atoms with Crippen LogP contribution in [0.2, 0.25) is 0 Å². The number of halogens is 3. The van der Waals surface area contributed by atoms with Gasteiger partial charge in [0.25, 0.3) is 5.91 Å². The highest BCUT2D eigenvalue weighted by Gasteiger charge is 2.32. The fraction of sp³-hybridized carbons (Fsp3) is 0.312. The van der Waals surface area contributed by atoms with Gasteiger partial charge in [-0.25, -0.2) is 0 Å². The van der Waals surface area contributed by atoms with E-state index in [1.807, 2.05) is 37.3 Å². The molecule has 2 aromatic carbocycles. The lowest BCUT2D eigenvalue weighted by molar-refractivity contribution is -0.137. The van der Waals surface area contributed by atoms with Gasteiger partial charge in [0, 0.05) is 49.1 Å². The van der Waals surface area contributed by atoms with E-state index in [-0.39, 0.29) is 17.7 Å². The number of amides is 2. The first kappa shape index (κ1) is 29.0. The van der Waals surface area contributed by atoms with Crippen molar-refractivity contribution in [3.63, 3.8) is 0 Å². The highest BCUT2D eigenvalue weighted by atomic mass is 19.4. The fourth-order valence-corrected chi connectivity index (χ4v) is 5.27. The summed E-state index contributed by atoms with van der Waals surface area (Å²) in [6, 6.07) is 12.3. The van der Waals surface area contributed by atoms with Gasteiger partial charge in [-0.05, 0) is 55.0 Å². The van der Waals surface area contributed by atoms with Crippen LogP contribution in [0.1, 0.15) is 60.8 Å². The zero-order chi connectivity index (χ0) is 29.9. The molecule has 0 fully saturated rings. The Hall–Kier alpha value is -4.47. The van der Waals surface area contributed by atoms with E-state index < -0.39 is 17.8 Å². The van der Waals surface area contributed by atoms with Gasteiger partial charge in [-0.1, -0.05) is 54.6 Å². The average molecular weight is 576 g/mol. The third kappa shape index (κ3) is 6.70. The zero-order valence-corrected chi connectivity index (χ0v) is 23.4. The molecule has 2 amide bonds. The van der Waals surface area contributed by atoms with Crippen molar-refractivity contribution in [3.05, 3.63) is 106 Å². The average Bonchev–Trinajstić information content (AvgIpc) is 3.36. The van der Waals surface area contributed by atoms with Crippen LogP contribution in [-0.4, -0.2) is 41.2 Å². The number of likely N-dealkylation sites (N-methyl/N-ethyl adjacent to an activating group) is 1. The first-order valence-corrected chi connectivity index (χ1v) is 13.8. The topological polar surface area (TPSA) is 86.2 Å². The second-order valence-electron chi connectivity index (χ2n) is 10.7. The molecule has 0 aromatic heterocycles. The molecule has 3 aliphatic rings. The summed E-state index contributed by atoms with van der Waals surface area (Å²) in [5.74, 6) is -0.871. The Kier molecular flexibility index (Phi) is 8.42. The maximum absolute atomic E-state index is 13.2. The Morgan fingerprint density at radius 1 is 1.02 bits per heavy atom. The maximum atomic E-state index is 13.2. The molecule has 7 nitrogen and oxygen atoms in total. The van der Waals surface area contributed by atoms with Gasteiger partial charge in [0.05, 0.1) is 11.3 Å². The number of nitrogens with one attached hydrogen (secondary N) is 2. The van der Waals surface area contributed by atoms with Crippen LogP contribution >= 0.6 is 0 Å². The Bertz CT molecular complexity index is 1500. The molecule has 2 atom stereocenters. The van der Waals surface area contributed by atoms with Gasteiger partial charge in [0.2, 0.25) is 5.91 Å². The SMILES string of the molecule is CC1=NN=C(c2ccc(CNC(=O)C3CC(NC(=O)C4=CC=CCC4c4ccc(C(F)(F)F)cc4)=CN3C)cc2)CC1. The lowest BCUT2D eigenvalue weighted by Gasteiger charge is -2.22. The molecule has 1 aliphatic carbocycles. The number of allylic oxidation sites excluding steroid dienone is 3. The molecule has 0 spiro atoms. The maximum Gasteiger partial charge on any atom is 0.416 e. The van der Waals surface area contributed by atoms with E-state index in [0.717, 1.165) is 47.5 Å². The smallest absolute Gasteiger partial charge is 0.367 e. The van der Waals surface area contributed by atoms with Gasteiger partial charge in [0.15, 0.2) is 0 Å². The summed E-state index contributed by atoms with van der Waals surface area (Å²) in [7, 11) is 1.78. The van der Waals surface area contributed by atoms with E-state index in [1.165, 1.54) is 12.1 Å². The summed E-state index contributed by atoms with van der Waals surface area (Å²) >= 11 is 0. The molecule has 2 N–H and O–H groups in total. The van der Waals surface area contributed by atoms with E-state index in [0.29, 0.717) is 36.2 Å². The number of hydrogen-bond donors (Lipinski definition) is 2. The van der Waals surface area contributed by atoms with Crippen molar-refractivity contribution >= 4 is 23.2 Å². The summed E-state index contributed by atoms with van der Waals surface area (Å²) < 4.78 is 39.0. The number of nitrogens with zero attached hydrogens (tertiary/aromatic N) is 3. The molecule has 42 heavy (non-hydrogen) atoms. The minimum absolute atomic E-state index is 0.161. The second kappa shape index (κ2) is 12.2. The van der Waals surface area contributed by atoms with Crippen molar-refractivity contribution in [3.8, 4) is 0 Å². The number of alkyl halides is 3. The lowest BCUT2D eigenvalue weighted by atomic mass is 9.84. The molecule has 5 rings (SSSR count). The molecular formula is C32H32F3N5O2. The molecule has 2 aromatic rings. The summed E-state index contributed by atoms with van der Waals surface area (Å²) in [4.78, 5) is 28.0. The summed E-state index contributed by atoms with van der Waals surface area (Å²) in [5.41, 5.74) is 4.91. The van der Waals surface area contributed by atoms with Crippen LogP contribution in [0.5, 0.6) is 0 Å². The van der Waals surface area contributed by atoms with Crippen LogP contribution in [0.25, 0.3) is 0 Å². The van der Waals surface area contributed by atoms with Crippen molar-refractivity contribution < 1.29 is 22.8 Å². The lowest BCUT2D eigenvalue weighted by Crippen LogP contribution is -2.40. The molecule has 2 unspecified atom stereocenters. The molecular weight excluding hydrogens is 543 g/mol. The second-order valence-corrected chi connectivity index (χ2v) is 10.7. The van der Waals surface area contributed by atoms with Gasteiger partial charge < -0.3 is 15.5 Å². The van der Waals surface area contributed by atoms with Crippen molar-refractivity contribution in [2.75, 3.05) is 7.05 Å². The van der Waals surface area contributed by atoms with E-state index in [4.69, 9.17) is 0 Å². The highest BCUT2D eigenvalue weighted by molar-refractivity contribution is 6.04.